The zero-order valence-electron chi connectivity index (χ0n) is 7.77. The minimum Gasteiger partial charge on any atom is -0.375 e. The van der Waals surface area contributed by atoms with Crippen LogP contribution in [0.5, 0.6) is 0 Å². The molecule has 14 heavy (non-hydrogen) atoms. The van der Waals surface area contributed by atoms with Gasteiger partial charge in [0.1, 0.15) is 0 Å². The Hall–Kier alpha value is -0.958. The second-order valence-electron chi connectivity index (χ2n) is 2.39. The summed E-state index contributed by atoms with van der Waals surface area (Å²) in [5.74, 6) is 0. The third-order valence-corrected chi connectivity index (χ3v) is 1.46. The minimum atomic E-state index is 0. The standard InChI is InChI=1S/C8H10N4S.Al/c1-6(11-12-8(9)13)7-4-2-3-5-10-7;/h2-5H,1H3,(H3,9,12,13);/q;+3. The van der Waals surface area contributed by atoms with E-state index >= 15 is 0 Å². The van der Waals surface area contributed by atoms with Crippen LogP contribution in [0.25, 0.3) is 0 Å². The van der Waals surface area contributed by atoms with Crippen LogP contribution >= 0.6 is 12.2 Å². The molecule has 0 aliphatic rings. The summed E-state index contributed by atoms with van der Waals surface area (Å²) in [6.07, 6.45) is 1.70. The summed E-state index contributed by atoms with van der Waals surface area (Å²) >= 11 is 4.60. The summed E-state index contributed by atoms with van der Waals surface area (Å²) in [6, 6.07) is 5.60. The number of hydrogen-bond acceptors (Lipinski definition) is 3. The van der Waals surface area contributed by atoms with Crippen molar-refractivity contribution < 1.29 is 0 Å². The van der Waals surface area contributed by atoms with Crippen LogP contribution in [0, 0.1) is 0 Å². The molecule has 0 fully saturated rings. The van der Waals surface area contributed by atoms with Crippen molar-refractivity contribution in [2.45, 2.75) is 6.92 Å². The molecule has 0 aliphatic heterocycles. The normalized spacial score (nSPS) is 10.2. The summed E-state index contributed by atoms with van der Waals surface area (Å²) in [5.41, 5.74) is 9.25. The van der Waals surface area contributed by atoms with Crippen molar-refractivity contribution in [2.75, 3.05) is 0 Å². The predicted octanol–water partition coefficient (Wildman–Crippen LogP) is 0.258. The zero-order chi connectivity index (χ0) is 9.68. The van der Waals surface area contributed by atoms with E-state index in [1.165, 1.54) is 0 Å². The first-order valence-corrected chi connectivity index (χ1v) is 4.12. The summed E-state index contributed by atoms with van der Waals surface area (Å²) in [4.78, 5) is 4.10. The van der Waals surface area contributed by atoms with Crippen molar-refractivity contribution >= 4 is 40.4 Å². The second-order valence-corrected chi connectivity index (χ2v) is 2.83. The second kappa shape index (κ2) is 6.49. The van der Waals surface area contributed by atoms with Gasteiger partial charge in [0.05, 0.1) is 11.4 Å². The quantitative estimate of drug-likeness (QED) is 0.325. The molecule has 0 aromatic carbocycles. The molecule has 0 bridgehead atoms. The third kappa shape index (κ3) is 4.33. The summed E-state index contributed by atoms with van der Waals surface area (Å²) in [7, 11) is 0. The monoisotopic (exact) mass is 221 g/mol. The molecule has 0 saturated heterocycles. The molecule has 0 unspecified atom stereocenters. The molecule has 3 N–H and O–H groups in total. The molecule has 0 amide bonds. The van der Waals surface area contributed by atoms with Gasteiger partial charge in [0.15, 0.2) is 5.11 Å². The molecule has 0 atom stereocenters. The van der Waals surface area contributed by atoms with Crippen LogP contribution in [0.1, 0.15) is 12.6 Å². The minimum absolute atomic E-state index is 0. The number of nitrogens with one attached hydrogen (secondary N) is 1. The number of hydrogen-bond donors (Lipinski definition) is 2. The Morgan fingerprint density at radius 3 is 2.79 bits per heavy atom. The van der Waals surface area contributed by atoms with Gasteiger partial charge in [-0.1, -0.05) is 6.07 Å². The first-order chi connectivity index (χ1) is 6.20. The summed E-state index contributed by atoms with van der Waals surface area (Å²) < 4.78 is 0. The van der Waals surface area contributed by atoms with Gasteiger partial charge < -0.3 is 5.73 Å². The number of aromatic nitrogens is 1. The van der Waals surface area contributed by atoms with E-state index in [0.717, 1.165) is 11.4 Å². The van der Waals surface area contributed by atoms with Crippen LogP contribution in [0.2, 0.25) is 0 Å². The van der Waals surface area contributed by atoms with Gasteiger partial charge in [0, 0.05) is 6.20 Å². The summed E-state index contributed by atoms with van der Waals surface area (Å²) in [5, 5.41) is 4.08. The van der Waals surface area contributed by atoms with Gasteiger partial charge in [-0.2, -0.15) is 5.10 Å². The first kappa shape index (κ1) is 13.0. The first-order valence-electron chi connectivity index (χ1n) is 3.71. The van der Waals surface area contributed by atoms with Crippen molar-refractivity contribution in [3.05, 3.63) is 30.1 Å². The smallest absolute Gasteiger partial charge is 0.375 e. The molecule has 68 valence electrons. The van der Waals surface area contributed by atoms with Crippen molar-refractivity contribution in [1.29, 1.82) is 0 Å². The molecule has 1 rings (SSSR count). The number of nitrogens with zero attached hydrogens (tertiary/aromatic N) is 2. The van der Waals surface area contributed by atoms with E-state index in [0.29, 0.717) is 0 Å². The van der Waals surface area contributed by atoms with Gasteiger partial charge >= 0.3 is 17.4 Å². The Labute approximate surface area is 98.7 Å². The molecule has 0 saturated carbocycles. The van der Waals surface area contributed by atoms with E-state index in [4.69, 9.17) is 5.73 Å². The number of rotatable bonds is 2. The largest absolute Gasteiger partial charge is 3.00 e. The molecular formula is C8H10AlN4S+3. The topological polar surface area (TPSA) is 63.3 Å². The maximum Gasteiger partial charge on any atom is 3.00 e. The van der Waals surface area contributed by atoms with Gasteiger partial charge in [0.25, 0.3) is 0 Å². The Morgan fingerprint density at radius 2 is 2.29 bits per heavy atom. The molecule has 0 aliphatic carbocycles. The van der Waals surface area contributed by atoms with Crippen LogP contribution in [0.15, 0.2) is 29.5 Å². The fourth-order valence-corrected chi connectivity index (χ4v) is 0.819. The maximum absolute atomic E-state index is 5.21. The Morgan fingerprint density at radius 1 is 1.57 bits per heavy atom. The third-order valence-electron chi connectivity index (χ3n) is 1.37. The Balaban J connectivity index is 0.00000169. The zero-order valence-corrected chi connectivity index (χ0v) is 9.74. The van der Waals surface area contributed by atoms with Gasteiger partial charge in [-0.05, 0) is 31.3 Å². The van der Waals surface area contributed by atoms with Crippen LogP contribution in [0.4, 0.5) is 0 Å². The fourth-order valence-electron chi connectivity index (χ4n) is 0.773. The predicted molar refractivity (Wildman–Crippen MR) is 62.1 cm³/mol. The number of nitrogens with two attached hydrogens (primary N) is 1. The molecule has 1 heterocycles. The van der Waals surface area contributed by atoms with E-state index < -0.39 is 0 Å². The molecule has 1 aromatic heterocycles. The Bertz CT molecular complexity index is 325. The molecule has 1 aromatic rings. The van der Waals surface area contributed by atoms with Crippen molar-refractivity contribution in [1.82, 2.24) is 10.4 Å². The average Bonchev–Trinajstić information content (AvgIpc) is 2.15. The summed E-state index contributed by atoms with van der Waals surface area (Å²) in [6.45, 7) is 1.83. The van der Waals surface area contributed by atoms with E-state index in [9.17, 15) is 0 Å². The van der Waals surface area contributed by atoms with Gasteiger partial charge in [-0.3, -0.25) is 10.4 Å². The van der Waals surface area contributed by atoms with Crippen LogP contribution in [0.3, 0.4) is 0 Å². The Kier molecular flexibility index (Phi) is 6.05. The molecular weight excluding hydrogens is 211 g/mol. The van der Waals surface area contributed by atoms with Crippen molar-refractivity contribution in [3.8, 4) is 0 Å². The average molecular weight is 221 g/mol. The van der Waals surface area contributed by atoms with Gasteiger partial charge in [-0.25, -0.2) is 0 Å². The number of thiocarbonyl (C=S) groups is 1. The van der Waals surface area contributed by atoms with E-state index in [2.05, 4.69) is 27.7 Å². The molecule has 0 spiro atoms. The van der Waals surface area contributed by atoms with Gasteiger partial charge in [-0.15, -0.1) is 0 Å². The molecule has 4 nitrogen and oxygen atoms in total. The van der Waals surface area contributed by atoms with Crippen LogP contribution in [-0.4, -0.2) is 33.2 Å². The van der Waals surface area contributed by atoms with Crippen LogP contribution < -0.4 is 11.2 Å². The fraction of sp³-hybridized carbons (Fsp3) is 0.125. The number of hydrazone groups is 1. The van der Waals surface area contributed by atoms with Crippen LogP contribution in [-0.2, 0) is 0 Å². The van der Waals surface area contributed by atoms with Gasteiger partial charge in [0.2, 0.25) is 0 Å². The molecule has 0 radical (unpaired) electrons. The van der Waals surface area contributed by atoms with E-state index in [-0.39, 0.29) is 22.5 Å². The van der Waals surface area contributed by atoms with Crippen molar-refractivity contribution in [2.24, 2.45) is 10.8 Å². The maximum atomic E-state index is 5.21. The van der Waals surface area contributed by atoms with E-state index in [1.54, 1.807) is 6.20 Å². The van der Waals surface area contributed by atoms with E-state index in [1.807, 2.05) is 25.1 Å². The van der Waals surface area contributed by atoms with Crippen molar-refractivity contribution in [3.63, 3.8) is 0 Å². The molecule has 6 heteroatoms. The number of pyridine rings is 1. The SMILES string of the molecule is CC(=NNC(N)=S)c1ccccn1.[Al+3].